The van der Waals surface area contributed by atoms with Crippen molar-refractivity contribution in [2.45, 2.75) is 72.7 Å². The number of amides is 1. The number of hydrogen-bond donors (Lipinski definition) is 1. The first kappa shape index (κ1) is 23.5. The first-order valence-corrected chi connectivity index (χ1v) is 9.50. The topological polar surface area (TPSA) is 68.2 Å². The molecule has 1 N–H and O–H groups in total. The number of benzene rings is 1. The number of ether oxygens (including phenoxy) is 1. The normalized spacial score (nSPS) is 22.4. The van der Waals surface area contributed by atoms with E-state index in [0.717, 1.165) is 23.8 Å². The Bertz CT molecular complexity index is 631. The molecule has 0 spiro atoms. The number of anilines is 1. The first-order valence-electron chi connectivity index (χ1n) is 9.50. The van der Waals surface area contributed by atoms with Crippen LogP contribution in [0.4, 0.5) is 10.5 Å². The quantitative estimate of drug-likeness (QED) is 0.799. The minimum absolute atomic E-state index is 0.0782. The van der Waals surface area contributed by atoms with Gasteiger partial charge in [-0.1, -0.05) is 19.9 Å². The number of hydrogen-bond acceptors (Lipinski definition) is 5. The second-order valence-corrected chi connectivity index (χ2v) is 7.43. The van der Waals surface area contributed by atoms with Gasteiger partial charge in [-0.2, -0.15) is 0 Å². The van der Waals surface area contributed by atoms with E-state index in [0.29, 0.717) is 6.54 Å². The highest BCUT2D eigenvalue weighted by atomic mass is 16.7. The fourth-order valence-corrected chi connectivity index (χ4v) is 2.88. The van der Waals surface area contributed by atoms with Gasteiger partial charge >= 0.3 is 13.2 Å². The summed E-state index contributed by atoms with van der Waals surface area (Å²) in [5.74, 6) is 0. The zero-order valence-corrected chi connectivity index (χ0v) is 18.1. The zero-order valence-electron chi connectivity index (χ0n) is 18.1. The summed E-state index contributed by atoms with van der Waals surface area (Å²) in [4.78, 5) is 13.5. The van der Waals surface area contributed by atoms with E-state index in [-0.39, 0.29) is 23.4 Å². The van der Waals surface area contributed by atoms with Crippen molar-refractivity contribution in [3.05, 3.63) is 23.8 Å². The summed E-state index contributed by atoms with van der Waals surface area (Å²) in [6, 6.07) is 5.88. The second kappa shape index (κ2) is 9.08. The molecule has 1 aromatic rings. The van der Waals surface area contributed by atoms with Gasteiger partial charge in [0.25, 0.3) is 0 Å². The summed E-state index contributed by atoms with van der Waals surface area (Å²) in [7, 11) is 0.610. The van der Waals surface area contributed by atoms with E-state index in [1.54, 1.807) is 4.90 Å². The number of aliphatic hydroxyl groups is 1. The number of aryl methyl sites for hydroxylation is 1. The van der Waals surface area contributed by atoms with Crippen molar-refractivity contribution in [1.82, 2.24) is 0 Å². The zero-order chi connectivity index (χ0) is 21.0. The second-order valence-electron chi connectivity index (χ2n) is 7.43. The molecule has 2 fully saturated rings. The molecule has 0 aliphatic carbocycles. The third kappa shape index (κ3) is 4.84. The average Bonchev–Trinajstić information content (AvgIpc) is 3.05. The van der Waals surface area contributed by atoms with E-state index in [1.807, 2.05) is 73.6 Å². The van der Waals surface area contributed by atoms with Crippen molar-refractivity contribution in [2.24, 2.45) is 0 Å². The Morgan fingerprint density at radius 2 is 1.63 bits per heavy atom. The number of cyclic esters (lactones) is 1. The molecule has 0 aromatic heterocycles. The van der Waals surface area contributed by atoms with E-state index < -0.39 is 7.12 Å². The monoisotopic (exact) mass is 379 g/mol. The largest absolute Gasteiger partial charge is 0.495 e. The SMILES string of the molecule is CC.CO.Cc1cc(N2C[C@H](C)OC2=O)ccc1B1OC(C)(C)C(C)(C)O1. The molecule has 0 unspecified atom stereocenters. The van der Waals surface area contributed by atoms with Crippen LogP contribution in [0.5, 0.6) is 0 Å². The third-order valence-electron chi connectivity index (χ3n) is 5.03. The number of rotatable bonds is 2. The van der Waals surface area contributed by atoms with Gasteiger partial charge in [0, 0.05) is 12.8 Å². The molecule has 1 atom stereocenters. The van der Waals surface area contributed by atoms with Crippen LogP contribution in [-0.2, 0) is 14.0 Å². The van der Waals surface area contributed by atoms with E-state index in [2.05, 4.69) is 0 Å². The van der Waals surface area contributed by atoms with Gasteiger partial charge in [0.2, 0.25) is 0 Å². The molecule has 152 valence electrons. The van der Waals surface area contributed by atoms with Gasteiger partial charge in [-0.15, -0.1) is 0 Å². The third-order valence-corrected chi connectivity index (χ3v) is 5.03. The van der Waals surface area contributed by atoms with Crippen LogP contribution in [0.2, 0.25) is 0 Å². The Morgan fingerprint density at radius 1 is 1.11 bits per heavy atom. The lowest BCUT2D eigenvalue weighted by Crippen LogP contribution is -2.41. The Labute approximate surface area is 163 Å². The van der Waals surface area contributed by atoms with Gasteiger partial charge in [-0.3, -0.25) is 4.90 Å². The minimum atomic E-state index is -0.390. The number of nitrogens with zero attached hydrogens (tertiary/aromatic N) is 1. The predicted molar refractivity (Wildman–Crippen MR) is 110 cm³/mol. The molecule has 1 aromatic carbocycles. The smallest absolute Gasteiger partial charge is 0.444 e. The summed E-state index contributed by atoms with van der Waals surface area (Å²) < 4.78 is 17.4. The molecule has 3 rings (SSSR count). The summed E-state index contributed by atoms with van der Waals surface area (Å²) in [6.45, 7) is 16.6. The summed E-state index contributed by atoms with van der Waals surface area (Å²) in [6.07, 6.45) is -0.370. The fraction of sp³-hybridized carbons (Fsp3) is 0.650. The highest BCUT2D eigenvalue weighted by molar-refractivity contribution is 6.62. The van der Waals surface area contributed by atoms with Gasteiger partial charge in [-0.05, 0) is 64.7 Å². The van der Waals surface area contributed by atoms with E-state index in [4.69, 9.17) is 19.2 Å². The van der Waals surface area contributed by atoms with Gasteiger partial charge in [0.15, 0.2) is 0 Å². The first-order chi connectivity index (χ1) is 12.6. The lowest BCUT2D eigenvalue weighted by molar-refractivity contribution is 0.00578. The lowest BCUT2D eigenvalue weighted by Gasteiger charge is -2.32. The molecule has 2 heterocycles. The molecule has 2 aliphatic rings. The van der Waals surface area contributed by atoms with Crippen LogP contribution in [0, 0.1) is 6.92 Å². The summed E-state index contributed by atoms with van der Waals surface area (Å²) in [5.41, 5.74) is 2.15. The van der Waals surface area contributed by atoms with Crippen LogP contribution in [0.25, 0.3) is 0 Å². The number of carbonyl (C=O) groups excluding carboxylic acids is 1. The maximum Gasteiger partial charge on any atom is 0.495 e. The molecule has 0 saturated carbocycles. The lowest BCUT2D eigenvalue weighted by atomic mass is 9.76. The Hall–Kier alpha value is -1.57. The van der Waals surface area contributed by atoms with Gasteiger partial charge < -0.3 is 19.2 Å². The molecule has 0 radical (unpaired) electrons. The van der Waals surface area contributed by atoms with Crippen LogP contribution in [0.3, 0.4) is 0 Å². The number of carbonyl (C=O) groups is 1. The molecule has 2 aliphatic heterocycles. The van der Waals surface area contributed by atoms with Crippen molar-refractivity contribution in [3.8, 4) is 0 Å². The van der Waals surface area contributed by atoms with E-state index in [9.17, 15) is 4.79 Å². The van der Waals surface area contributed by atoms with Crippen molar-refractivity contribution in [3.63, 3.8) is 0 Å². The van der Waals surface area contributed by atoms with E-state index >= 15 is 0 Å². The fourth-order valence-electron chi connectivity index (χ4n) is 2.88. The Kier molecular flexibility index (Phi) is 7.90. The summed E-state index contributed by atoms with van der Waals surface area (Å²) in [5, 5.41) is 7.00. The Morgan fingerprint density at radius 3 is 2.04 bits per heavy atom. The van der Waals surface area contributed by atoms with Crippen molar-refractivity contribution in [2.75, 3.05) is 18.6 Å². The highest BCUT2D eigenvalue weighted by Crippen LogP contribution is 2.37. The molecule has 7 heteroatoms. The van der Waals surface area contributed by atoms with Crippen LogP contribution in [0.1, 0.15) is 54.0 Å². The van der Waals surface area contributed by atoms with Crippen LogP contribution < -0.4 is 10.4 Å². The molecule has 27 heavy (non-hydrogen) atoms. The van der Waals surface area contributed by atoms with E-state index in [1.165, 1.54) is 0 Å². The molecular formula is C20H34BNO5. The molecule has 6 nitrogen and oxygen atoms in total. The number of aliphatic hydroxyl groups excluding tert-OH is 1. The Balaban J connectivity index is 0.000000855. The highest BCUT2D eigenvalue weighted by Gasteiger charge is 2.52. The van der Waals surface area contributed by atoms with Gasteiger partial charge in [0.1, 0.15) is 6.10 Å². The maximum atomic E-state index is 11.9. The molecule has 1 amide bonds. The average molecular weight is 379 g/mol. The molecule has 0 bridgehead atoms. The van der Waals surface area contributed by atoms with Crippen LogP contribution in [-0.4, -0.2) is 49.3 Å². The minimum Gasteiger partial charge on any atom is -0.444 e. The molecule has 2 saturated heterocycles. The van der Waals surface area contributed by atoms with Gasteiger partial charge in [-0.25, -0.2) is 4.79 Å². The van der Waals surface area contributed by atoms with Crippen molar-refractivity contribution in [1.29, 1.82) is 0 Å². The van der Waals surface area contributed by atoms with Crippen LogP contribution in [0.15, 0.2) is 18.2 Å². The van der Waals surface area contributed by atoms with Crippen LogP contribution >= 0.6 is 0 Å². The van der Waals surface area contributed by atoms with Crippen molar-refractivity contribution >= 4 is 24.4 Å². The standard InChI is InChI=1S/C17H24BNO4.C2H6.CH4O/c1-11-9-13(19-10-12(2)21-15(19)20)7-8-14(11)18-22-16(3,4)17(5,6)23-18;2*1-2/h7-9,12H,10H2,1-6H3;1-2H3;2H,1H3/t12-;;/m0../s1. The maximum absolute atomic E-state index is 11.9. The van der Waals surface area contributed by atoms with Gasteiger partial charge in [0.05, 0.1) is 17.7 Å². The molecular weight excluding hydrogens is 345 g/mol. The predicted octanol–water partition coefficient (Wildman–Crippen LogP) is 3.27. The van der Waals surface area contributed by atoms with Crippen molar-refractivity contribution < 1.29 is 23.9 Å². The summed E-state index contributed by atoms with van der Waals surface area (Å²) >= 11 is 0.